The van der Waals surface area contributed by atoms with Crippen LogP contribution >= 0.6 is 0 Å². The summed E-state index contributed by atoms with van der Waals surface area (Å²) in [6.07, 6.45) is 9.42. The van der Waals surface area contributed by atoms with E-state index < -0.39 is 0 Å². The Morgan fingerprint density at radius 1 is 1.19 bits per heavy atom. The van der Waals surface area contributed by atoms with Crippen LogP contribution in [0.3, 0.4) is 0 Å². The van der Waals surface area contributed by atoms with Crippen LogP contribution in [0, 0.1) is 11.8 Å². The SMILES string of the molecule is CC1CC(CO)CN(c2cc(C3CCCCC3)ncn2)C1. The van der Waals surface area contributed by atoms with Crippen LogP contribution in [0.5, 0.6) is 0 Å². The zero-order valence-corrected chi connectivity index (χ0v) is 13.0. The van der Waals surface area contributed by atoms with Crippen molar-refractivity contribution in [1.29, 1.82) is 0 Å². The minimum atomic E-state index is 0.279. The normalized spacial score (nSPS) is 27.8. The Kier molecular flexibility index (Phi) is 4.73. The van der Waals surface area contributed by atoms with Crippen molar-refractivity contribution >= 4 is 5.82 Å². The van der Waals surface area contributed by atoms with E-state index >= 15 is 0 Å². The number of nitrogens with zero attached hydrogens (tertiary/aromatic N) is 3. The van der Waals surface area contributed by atoms with E-state index in [1.807, 2.05) is 0 Å². The van der Waals surface area contributed by atoms with E-state index in [4.69, 9.17) is 0 Å². The van der Waals surface area contributed by atoms with Crippen LogP contribution in [0.2, 0.25) is 0 Å². The maximum atomic E-state index is 9.47. The van der Waals surface area contributed by atoms with E-state index in [1.165, 1.54) is 37.8 Å². The highest BCUT2D eigenvalue weighted by Gasteiger charge is 2.26. The van der Waals surface area contributed by atoms with Gasteiger partial charge in [-0.1, -0.05) is 26.2 Å². The molecule has 2 heterocycles. The Morgan fingerprint density at radius 2 is 2.00 bits per heavy atom. The Labute approximate surface area is 127 Å². The van der Waals surface area contributed by atoms with Gasteiger partial charge in [-0.25, -0.2) is 9.97 Å². The Hall–Kier alpha value is -1.16. The minimum absolute atomic E-state index is 0.279. The number of aromatic nitrogens is 2. The molecule has 1 saturated carbocycles. The second-order valence-corrected chi connectivity index (χ2v) is 6.93. The molecule has 1 saturated heterocycles. The van der Waals surface area contributed by atoms with Gasteiger partial charge in [0.1, 0.15) is 12.1 Å². The number of rotatable bonds is 3. The van der Waals surface area contributed by atoms with Gasteiger partial charge in [0.25, 0.3) is 0 Å². The molecule has 1 aliphatic heterocycles. The first-order valence-corrected chi connectivity index (χ1v) is 8.44. The van der Waals surface area contributed by atoms with Gasteiger partial charge in [-0.15, -0.1) is 0 Å². The predicted molar refractivity (Wildman–Crippen MR) is 84.4 cm³/mol. The van der Waals surface area contributed by atoms with Crippen molar-refractivity contribution in [3.8, 4) is 0 Å². The zero-order valence-electron chi connectivity index (χ0n) is 13.0. The summed E-state index contributed by atoms with van der Waals surface area (Å²) in [7, 11) is 0. The number of aliphatic hydroxyl groups excluding tert-OH is 1. The average molecular weight is 289 g/mol. The third kappa shape index (κ3) is 3.54. The molecule has 116 valence electrons. The van der Waals surface area contributed by atoms with Crippen molar-refractivity contribution in [3.05, 3.63) is 18.1 Å². The summed E-state index contributed by atoms with van der Waals surface area (Å²) in [5.41, 5.74) is 1.22. The molecule has 2 atom stereocenters. The molecule has 1 aliphatic carbocycles. The molecule has 1 aromatic heterocycles. The fraction of sp³-hybridized carbons (Fsp3) is 0.765. The smallest absolute Gasteiger partial charge is 0.132 e. The molecule has 0 spiro atoms. The molecule has 0 bridgehead atoms. The first-order valence-electron chi connectivity index (χ1n) is 8.44. The Bertz CT molecular complexity index is 459. The fourth-order valence-electron chi connectivity index (χ4n) is 3.96. The number of piperidine rings is 1. The van der Waals surface area contributed by atoms with Crippen molar-refractivity contribution in [1.82, 2.24) is 9.97 Å². The highest BCUT2D eigenvalue weighted by Crippen LogP contribution is 2.33. The van der Waals surface area contributed by atoms with Gasteiger partial charge in [-0.2, -0.15) is 0 Å². The second-order valence-electron chi connectivity index (χ2n) is 6.93. The van der Waals surface area contributed by atoms with Gasteiger partial charge in [-0.3, -0.25) is 0 Å². The van der Waals surface area contributed by atoms with Gasteiger partial charge in [0.05, 0.1) is 0 Å². The predicted octanol–water partition coefficient (Wildman–Crippen LogP) is 2.98. The maximum Gasteiger partial charge on any atom is 0.132 e. The molecule has 4 heteroatoms. The van der Waals surface area contributed by atoms with E-state index in [0.717, 1.165) is 25.3 Å². The number of anilines is 1. The quantitative estimate of drug-likeness (QED) is 0.929. The van der Waals surface area contributed by atoms with E-state index in [1.54, 1.807) is 6.33 Å². The third-order valence-electron chi connectivity index (χ3n) is 5.03. The van der Waals surface area contributed by atoms with Crippen molar-refractivity contribution in [2.24, 2.45) is 11.8 Å². The van der Waals surface area contributed by atoms with Gasteiger partial charge in [0.15, 0.2) is 0 Å². The summed E-state index contributed by atoms with van der Waals surface area (Å²) in [6, 6.07) is 2.20. The lowest BCUT2D eigenvalue weighted by atomic mass is 9.86. The van der Waals surface area contributed by atoms with Gasteiger partial charge in [0, 0.05) is 37.4 Å². The van der Waals surface area contributed by atoms with Crippen LogP contribution in [0.4, 0.5) is 5.82 Å². The highest BCUT2D eigenvalue weighted by atomic mass is 16.3. The monoisotopic (exact) mass is 289 g/mol. The van der Waals surface area contributed by atoms with Gasteiger partial charge in [0.2, 0.25) is 0 Å². The first kappa shape index (κ1) is 14.8. The molecule has 2 aliphatic rings. The standard InChI is InChI=1S/C17H27N3O/c1-13-7-14(11-21)10-20(9-13)17-8-16(18-12-19-17)15-5-3-2-4-6-15/h8,12-15,21H,2-7,9-11H2,1H3. The lowest BCUT2D eigenvalue weighted by molar-refractivity contribution is 0.189. The molecule has 0 amide bonds. The minimum Gasteiger partial charge on any atom is -0.396 e. The van der Waals surface area contributed by atoms with Crippen LogP contribution in [0.1, 0.15) is 57.1 Å². The van der Waals surface area contributed by atoms with Crippen molar-refractivity contribution < 1.29 is 5.11 Å². The Balaban J connectivity index is 1.75. The molecule has 21 heavy (non-hydrogen) atoms. The zero-order chi connectivity index (χ0) is 14.7. The molecule has 4 nitrogen and oxygen atoms in total. The van der Waals surface area contributed by atoms with Crippen molar-refractivity contribution in [2.75, 3.05) is 24.6 Å². The van der Waals surface area contributed by atoms with E-state index in [0.29, 0.717) is 17.8 Å². The average Bonchev–Trinajstić information content (AvgIpc) is 2.55. The Morgan fingerprint density at radius 3 is 2.76 bits per heavy atom. The van der Waals surface area contributed by atoms with Gasteiger partial charge < -0.3 is 10.0 Å². The topological polar surface area (TPSA) is 49.2 Å². The van der Waals surface area contributed by atoms with Gasteiger partial charge >= 0.3 is 0 Å². The molecule has 3 rings (SSSR count). The largest absolute Gasteiger partial charge is 0.396 e. The van der Waals surface area contributed by atoms with Crippen LogP contribution in [0.15, 0.2) is 12.4 Å². The molecule has 0 aromatic carbocycles. The first-order chi connectivity index (χ1) is 10.3. The van der Waals surface area contributed by atoms with E-state index in [2.05, 4.69) is 27.9 Å². The van der Waals surface area contributed by atoms with Crippen LogP contribution in [0.25, 0.3) is 0 Å². The summed E-state index contributed by atoms with van der Waals surface area (Å²) in [4.78, 5) is 11.4. The van der Waals surface area contributed by atoms with Crippen LogP contribution in [-0.2, 0) is 0 Å². The van der Waals surface area contributed by atoms with E-state index in [-0.39, 0.29) is 6.61 Å². The molecule has 2 fully saturated rings. The van der Waals surface area contributed by atoms with Crippen molar-refractivity contribution in [2.45, 2.75) is 51.4 Å². The highest BCUT2D eigenvalue weighted by molar-refractivity contribution is 5.40. The molecule has 2 unspecified atom stereocenters. The van der Waals surface area contributed by atoms with Crippen molar-refractivity contribution in [3.63, 3.8) is 0 Å². The molecular formula is C17H27N3O. The summed E-state index contributed by atoms with van der Waals surface area (Å²) in [5, 5.41) is 9.47. The number of aliphatic hydroxyl groups is 1. The number of hydrogen-bond acceptors (Lipinski definition) is 4. The van der Waals surface area contributed by atoms with Crippen LogP contribution in [-0.4, -0.2) is 34.8 Å². The molecule has 1 N–H and O–H groups in total. The molecular weight excluding hydrogens is 262 g/mol. The summed E-state index contributed by atoms with van der Waals surface area (Å²) in [5.74, 6) is 2.66. The fourth-order valence-corrected chi connectivity index (χ4v) is 3.96. The van der Waals surface area contributed by atoms with Gasteiger partial charge in [-0.05, 0) is 31.1 Å². The maximum absolute atomic E-state index is 9.47. The summed E-state index contributed by atoms with van der Waals surface area (Å²) in [6.45, 7) is 4.50. The summed E-state index contributed by atoms with van der Waals surface area (Å²) < 4.78 is 0. The lowest BCUT2D eigenvalue weighted by Crippen LogP contribution is -2.41. The lowest BCUT2D eigenvalue weighted by Gasteiger charge is -2.36. The molecule has 0 radical (unpaired) electrons. The van der Waals surface area contributed by atoms with E-state index in [9.17, 15) is 5.11 Å². The summed E-state index contributed by atoms with van der Waals surface area (Å²) >= 11 is 0. The second kappa shape index (κ2) is 6.73. The number of hydrogen-bond donors (Lipinski definition) is 1. The third-order valence-corrected chi connectivity index (χ3v) is 5.03. The van der Waals surface area contributed by atoms with Crippen LogP contribution < -0.4 is 4.90 Å². The molecule has 1 aromatic rings.